The van der Waals surface area contributed by atoms with E-state index in [0.29, 0.717) is 10.6 Å². The first-order valence-corrected chi connectivity index (χ1v) is 7.80. The van der Waals surface area contributed by atoms with E-state index in [-0.39, 0.29) is 5.91 Å². The van der Waals surface area contributed by atoms with Crippen molar-refractivity contribution in [2.75, 3.05) is 11.9 Å². The van der Waals surface area contributed by atoms with Gasteiger partial charge in [-0.1, -0.05) is 17.4 Å². The molecule has 1 amide bonds. The van der Waals surface area contributed by atoms with Crippen molar-refractivity contribution < 1.29 is 4.79 Å². The van der Waals surface area contributed by atoms with Crippen molar-refractivity contribution in [3.63, 3.8) is 0 Å². The summed E-state index contributed by atoms with van der Waals surface area (Å²) in [5.74, 6) is -0.260. The van der Waals surface area contributed by atoms with E-state index in [1.54, 1.807) is 6.92 Å². The number of hydrogen-bond donors (Lipinski definition) is 2. The summed E-state index contributed by atoms with van der Waals surface area (Å²) in [6, 6.07) is 5.18. The smallest absolute Gasteiger partial charge is 0.264 e. The van der Waals surface area contributed by atoms with Crippen LogP contribution in [0.3, 0.4) is 0 Å². The molecular formula is C13H14N4OS2. The van der Waals surface area contributed by atoms with Gasteiger partial charge in [0.1, 0.15) is 4.88 Å². The highest BCUT2D eigenvalue weighted by atomic mass is 32.1. The van der Waals surface area contributed by atoms with E-state index < -0.39 is 6.04 Å². The molecule has 0 radical (unpaired) electrons. The fourth-order valence-electron chi connectivity index (χ4n) is 1.65. The standard InChI is InChI=1S/C13H14N4OS2/c1-3-15-13-16-8(2)11(20-13)12(18)17-9(7-14)10-5-4-6-19-10/h4-6,9H,3H2,1-2H3,(H,15,16)(H,17,18). The maximum atomic E-state index is 12.2. The van der Waals surface area contributed by atoms with Crippen molar-refractivity contribution in [3.05, 3.63) is 33.0 Å². The van der Waals surface area contributed by atoms with Crippen LogP contribution in [0.2, 0.25) is 0 Å². The normalized spacial score (nSPS) is 11.7. The summed E-state index contributed by atoms with van der Waals surface area (Å²) in [6.07, 6.45) is 0. The molecule has 0 saturated heterocycles. The average molecular weight is 306 g/mol. The zero-order chi connectivity index (χ0) is 14.5. The van der Waals surface area contributed by atoms with Gasteiger partial charge in [-0.3, -0.25) is 4.79 Å². The second kappa shape index (κ2) is 6.50. The molecule has 5 nitrogen and oxygen atoms in total. The van der Waals surface area contributed by atoms with Gasteiger partial charge in [-0.2, -0.15) is 5.26 Å². The van der Waals surface area contributed by atoms with E-state index in [0.717, 1.165) is 16.6 Å². The van der Waals surface area contributed by atoms with Crippen molar-refractivity contribution in [1.82, 2.24) is 10.3 Å². The first kappa shape index (κ1) is 14.5. The van der Waals surface area contributed by atoms with Crippen molar-refractivity contribution in [3.8, 4) is 6.07 Å². The molecule has 0 aromatic carbocycles. The number of aryl methyl sites for hydroxylation is 1. The Morgan fingerprint density at radius 1 is 1.60 bits per heavy atom. The molecule has 0 saturated carbocycles. The molecule has 0 aliphatic carbocycles. The molecule has 2 heterocycles. The number of aromatic nitrogens is 1. The number of rotatable bonds is 5. The quantitative estimate of drug-likeness (QED) is 0.890. The lowest BCUT2D eigenvalue weighted by Gasteiger charge is -2.08. The first-order valence-electron chi connectivity index (χ1n) is 6.11. The highest BCUT2D eigenvalue weighted by molar-refractivity contribution is 7.17. The third-order valence-corrected chi connectivity index (χ3v) is 4.61. The monoisotopic (exact) mass is 306 g/mol. The molecule has 1 atom stereocenters. The minimum absolute atomic E-state index is 0.260. The topological polar surface area (TPSA) is 77.8 Å². The van der Waals surface area contributed by atoms with Crippen LogP contribution in [0, 0.1) is 18.3 Å². The van der Waals surface area contributed by atoms with Crippen LogP contribution >= 0.6 is 22.7 Å². The Hall–Kier alpha value is -1.91. The van der Waals surface area contributed by atoms with Gasteiger partial charge in [0.2, 0.25) is 0 Å². The van der Waals surface area contributed by atoms with Crippen molar-refractivity contribution in [1.29, 1.82) is 5.26 Å². The Kier molecular flexibility index (Phi) is 4.71. The molecule has 2 rings (SSSR count). The maximum Gasteiger partial charge on any atom is 0.264 e. The average Bonchev–Trinajstić information content (AvgIpc) is 3.06. The number of thiazole rings is 1. The molecule has 0 bridgehead atoms. The second-order valence-corrected chi connectivity index (χ2v) is 5.99. The summed E-state index contributed by atoms with van der Waals surface area (Å²) in [7, 11) is 0. The van der Waals surface area contributed by atoms with Gasteiger partial charge in [0.25, 0.3) is 5.91 Å². The maximum absolute atomic E-state index is 12.2. The van der Waals surface area contributed by atoms with Gasteiger partial charge in [-0.15, -0.1) is 11.3 Å². The minimum atomic E-state index is -0.619. The van der Waals surface area contributed by atoms with Crippen LogP contribution in [0.5, 0.6) is 0 Å². The Labute approximate surface area is 125 Å². The van der Waals surface area contributed by atoms with Gasteiger partial charge in [0.15, 0.2) is 11.2 Å². The zero-order valence-electron chi connectivity index (χ0n) is 11.1. The molecule has 0 aliphatic heterocycles. The van der Waals surface area contributed by atoms with Gasteiger partial charge in [0.05, 0.1) is 11.8 Å². The number of nitrogens with zero attached hydrogens (tertiary/aromatic N) is 2. The Morgan fingerprint density at radius 2 is 2.40 bits per heavy atom. The lowest BCUT2D eigenvalue weighted by atomic mass is 10.2. The molecule has 2 N–H and O–H groups in total. The fraction of sp³-hybridized carbons (Fsp3) is 0.308. The third kappa shape index (κ3) is 3.15. The number of hydrogen-bond acceptors (Lipinski definition) is 6. The molecule has 7 heteroatoms. The predicted octanol–water partition coefficient (Wildman–Crippen LogP) is 2.94. The highest BCUT2D eigenvalue weighted by Gasteiger charge is 2.20. The minimum Gasteiger partial charge on any atom is -0.362 e. The summed E-state index contributed by atoms with van der Waals surface area (Å²) >= 11 is 2.75. The van der Waals surface area contributed by atoms with Crippen LogP contribution in [0.4, 0.5) is 5.13 Å². The zero-order valence-corrected chi connectivity index (χ0v) is 12.8. The number of carbonyl (C=O) groups is 1. The van der Waals surface area contributed by atoms with Crippen LogP contribution in [0.1, 0.15) is 33.2 Å². The van der Waals surface area contributed by atoms with Crippen LogP contribution in [0.25, 0.3) is 0 Å². The molecule has 0 spiro atoms. The second-order valence-electron chi connectivity index (χ2n) is 4.01. The molecular weight excluding hydrogens is 292 g/mol. The lowest BCUT2D eigenvalue weighted by molar-refractivity contribution is 0.0949. The summed E-state index contributed by atoms with van der Waals surface area (Å²) < 4.78 is 0. The molecule has 1 unspecified atom stereocenters. The summed E-state index contributed by atoms with van der Waals surface area (Å²) in [6.45, 7) is 4.52. The summed E-state index contributed by atoms with van der Waals surface area (Å²) in [4.78, 5) is 17.9. The molecule has 2 aromatic heterocycles. The van der Waals surface area contributed by atoms with Crippen LogP contribution in [0.15, 0.2) is 17.5 Å². The van der Waals surface area contributed by atoms with Crippen LogP contribution in [-0.2, 0) is 0 Å². The Bertz CT molecular complexity index is 627. The Balaban J connectivity index is 2.13. The van der Waals surface area contributed by atoms with E-state index in [1.807, 2.05) is 24.4 Å². The van der Waals surface area contributed by atoms with Crippen molar-refractivity contribution >= 4 is 33.7 Å². The van der Waals surface area contributed by atoms with E-state index in [2.05, 4.69) is 21.7 Å². The fourth-order valence-corrected chi connectivity index (χ4v) is 3.31. The van der Waals surface area contributed by atoms with Gasteiger partial charge < -0.3 is 10.6 Å². The van der Waals surface area contributed by atoms with Crippen LogP contribution < -0.4 is 10.6 Å². The molecule has 20 heavy (non-hydrogen) atoms. The highest BCUT2D eigenvalue weighted by Crippen LogP contribution is 2.24. The summed E-state index contributed by atoms with van der Waals surface area (Å²) in [5, 5.41) is 17.6. The van der Waals surface area contributed by atoms with Crippen LogP contribution in [-0.4, -0.2) is 17.4 Å². The van der Waals surface area contributed by atoms with E-state index in [4.69, 9.17) is 5.26 Å². The largest absolute Gasteiger partial charge is 0.362 e. The number of anilines is 1. The number of nitriles is 1. The van der Waals surface area contributed by atoms with Gasteiger partial charge in [-0.05, 0) is 25.3 Å². The molecule has 0 aliphatic rings. The number of nitrogens with one attached hydrogen (secondary N) is 2. The molecule has 2 aromatic rings. The summed E-state index contributed by atoms with van der Waals surface area (Å²) in [5.41, 5.74) is 0.673. The van der Waals surface area contributed by atoms with E-state index >= 15 is 0 Å². The predicted molar refractivity (Wildman–Crippen MR) is 81.2 cm³/mol. The van der Waals surface area contributed by atoms with E-state index in [9.17, 15) is 4.79 Å². The van der Waals surface area contributed by atoms with E-state index in [1.165, 1.54) is 22.7 Å². The number of amides is 1. The molecule has 0 fully saturated rings. The first-order chi connectivity index (χ1) is 9.65. The van der Waals surface area contributed by atoms with Gasteiger partial charge >= 0.3 is 0 Å². The Morgan fingerprint density at radius 3 is 3.00 bits per heavy atom. The number of thiophene rings is 1. The van der Waals surface area contributed by atoms with Gasteiger partial charge in [-0.25, -0.2) is 4.98 Å². The molecule has 104 valence electrons. The van der Waals surface area contributed by atoms with Crippen molar-refractivity contribution in [2.24, 2.45) is 0 Å². The SMILES string of the molecule is CCNc1nc(C)c(C(=O)NC(C#N)c2cccs2)s1. The van der Waals surface area contributed by atoms with Gasteiger partial charge in [0, 0.05) is 11.4 Å². The van der Waals surface area contributed by atoms with Crippen molar-refractivity contribution in [2.45, 2.75) is 19.9 Å². The number of carbonyl (C=O) groups excluding carboxylic acids is 1. The lowest BCUT2D eigenvalue weighted by Crippen LogP contribution is -2.26. The third-order valence-electron chi connectivity index (χ3n) is 2.56.